The fourth-order valence-corrected chi connectivity index (χ4v) is 1.63. The van der Waals surface area contributed by atoms with Crippen molar-refractivity contribution in [3.8, 4) is 5.69 Å². The second-order valence-corrected chi connectivity index (χ2v) is 4.77. The van der Waals surface area contributed by atoms with Crippen molar-refractivity contribution in [2.24, 2.45) is 11.7 Å². The van der Waals surface area contributed by atoms with Crippen LogP contribution in [0.5, 0.6) is 0 Å². The van der Waals surface area contributed by atoms with Crippen molar-refractivity contribution in [2.75, 3.05) is 5.32 Å². The van der Waals surface area contributed by atoms with Crippen molar-refractivity contribution < 1.29 is 9.18 Å². The van der Waals surface area contributed by atoms with Crippen molar-refractivity contribution in [1.29, 1.82) is 0 Å². The number of aromatic nitrogens is 3. The maximum Gasteiger partial charge on any atom is 0.241 e. The van der Waals surface area contributed by atoms with Gasteiger partial charge >= 0.3 is 0 Å². The van der Waals surface area contributed by atoms with Crippen LogP contribution in [0.25, 0.3) is 5.69 Å². The molecule has 0 aliphatic carbocycles. The Balaban J connectivity index is 0.00000220. The fraction of sp³-hybridized carbons (Fsp3) is 0.308. The van der Waals surface area contributed by atoms with E-state index in [4.69, 9.17) is 5.73 Å². The summed E-state index contributed by atoms with van der Waals surface area (Å²) in [6.07, 6.45) is 2.71. The predicted octanol–water partition coefficient (Wildman–Crippen LogP) is 1.75. The van der Waals surface area contributed by atoms with Crippen LogP contribution in [0, 0.1) is 11.7 Å². The Kier molecular flexibility index (Phi) is 5.80. The number of hydrogen-bond donors (Lipinski definition) is 2. The number of amides is 1. The first-order valence-corrected chi connectivity index (χ1v) is 6.20. The molecule has 0 radical (unpaired) electrons. The maximum absolute atomic E-state index is 14.0. The van der Waals surface area contributed by atoms with Gasteiger partial charge in [0.25, 0.3) is 0 Å². The Hall–Kier alpha value is -1.99. The Morgan fingerprint density at radius 1 is 1.43 bits per heavy atom. The lowest BCUT2D eigenvalue weighted by Crippen LogP contribution is -2.39. The van der Waals surface area contributed by atoms with E-state index in [-0.39, 0.29) is 29.9 Å². The number of rotatable bonds is 4. The average molecular weight is 314 g/mol. The molecule has 1 amide bonds. The molecule has 0 saturated heterocycles. The van der Waals surface area contributed by atoms with Crippen LogP contribution in [0.3, 0.4) is 0 Å². The van der Waals surface area contributed by atoms with E-state index in [1.54, 1.807) is 6.07 Å². The van der Waals surface area contributed by atoms with E-state index >= 15 is 0 Å². The molecule has 6 nitrogen and oxygen atoms in total. The minimum Gasteiger partial charge on any atom is -0.325 e. The molecule has 1 aromatic heterocycles. The lowest BCUT2D eigenvalue weighted by atomic mass is 10.0. The highest BCUT2D eigenvalue weighted by Crippen LogP contribution is 2.17. The molecule has 2 aromatic rings. The van der Waals surface area contributed by atoms with Gasteiger partial charge < -0.3 is 11.1 Å². The second kappa shape index (κ2) is 7.14. The molecule has 1 heterocycles. The summed E-state index contributed by atoms with van der Waals surface area (Å²) in [6, 6.07) is 3.70. The molecule has 0 aliphatic heterocycles. The van der Waals surface area contributed by atoms with Crippen LogP contribution < -0.4 is 11.1 Å². The quantitative estimate of drug-likeness (QED) is 0.900. The van der Waals surface area contributed by atoms with E-state index in [1.807, 2.05) is 13.8 Å². The van der Waals surface area contributed by atoms with Crippen LogP contribution in [0.4, 0.5) is 10.1 Å². The zero-order valence-corrected chi connectivity index (χ0v) is 12.5. The third-order valence-corrected chi connectivity index (χ3v) is 2.90. The minimum absolute atomic E-state index is 0. The van der Waals surface area contributed by atoms with Crippen molar-refractivity contribution in [1.82, 2.24) is 14.8 Å². The van der Waals surface area contributed by atoms with Crippen molar-refractivity contribution in [3.63, 3.8) is 0 Å². The summed E-state index contributed by atoms with van der Waals surface area (Å²) in [5.74, 6) is -0.839. The summed E-state index contributed by atoms with van der Waals surface area (Å²) in [4.78, 5) is 15.5. The van der Waals surface area contributed by atoms with Gasteiger partial charge in [-0.1, -0.05) is 13.8 Å². The molecule has 8 heteroatoms. The zero-order chi connectivity index (χ0) is 14.7. The average Bonchev–Trinajstić information content (AvgIpc) is 2.91. The number of nitrogens with zero attached hydrogens (tertiary/aromatic N) is 3. The van der Waals surface area contributed by atoms with E-state index in [9.17, 15) is 9.18 Å². The monoisotopic (exact) mass is 313 g/mol. The molecular formula is C13H17ClFN5O. The van der Waals surface area contributed by atoms with Crippen molar-refractivity contribution >= 4 is 24.0 Å². The van der Waals surface area contributed by atoms with E-state index in [0.717, 1.165) is 0 Å². The number of carbonyl (C=O) groups excluding carboxylic acids is 1. The molecule has 1 aromatic carbocycles. The molecule has 21 heavy (non-hydrogen) atoms. The van der Waals surface area contributed by atoms with Crippen LogP contribution in [-0.2, 0) is 4.79 Å². The molecule has 1 atom stereocenters. The Morgan fingerprint density at radius 2 is 2.14 bits per heavy atom. The van der Waals surface area contributed by atoms with E-state index in [0.29, 0.717) is 5.69 Å². The topological polar surface area (TPSA) is 85.8 Å². The van der Waals surface area contributed by atoms with Gasteiger partial charge in [-0.05, 0) is 24.1 Å². The zero-order valence-electron chi connectivity index (χ0n) is 11.7. The molecule has 0 aliphatic rings. The largest absolute Gasteiger partial charge is 0.325 e. The number of halogens is 2. The predicted molar refractivity (Wildman–Crippen MR) is 80.0 cm³/mol. The van der Waals surface area contributed by atoms with E-state index < -0.39 is 11.9 Å². The Bertz CT molecular complexity index is 603. The SMILES string of the molecule is CC(C)[C@@H](N)C(=O)Nc1ccc(-n2cncn2)c(F)c1.Cl. The summed E-state index contributed by atoms with van der Waals surface area (Å²) < 4.78 is 15.3. The van der Waals surface area contributed by atoms with Gasteiger partial charge in [0, 0.05) is 5.69 Å². The first-order valence-electron chi connectivity index (χ1n) is 6.20. The third-order valence-electron chi connectivity index (χ3n) is 2.90. The van der Waals surface area contributed by atoms with Gasteiger partial charge in [-0.2, -0.15) is 5.10 Å². The minimum atomic E-state index is -0.631. The summed E-state index contributed by atoms with van der Waals surface area (Å²) in [6.45, 7) is 3.69. The molecule has 0 saturated carbocycles. The van der Waals surface area contributed by atoms with Crippen LogP contribution >= 0.6 is 12.4 Å². The number of anilines is 1. The third kappa shape index (κ3) is 3.99. The number of benzene rings is 1. The lowest BCUT2D eigenvalue weighted by Gasteiger charge is -2.15. The van der Waals surface area contributed by atoms with Gasteiger partial charge in [0.15, 0.2) is 5.82 Å². The van der Waals surface area contributed by atoms with Crippen LogP contribution in [0.2, 0.25) is 0 Å². The van der Waals surface area contributed by atoms with Gasteiger partial charge in [-0.3, -0.25) is 4.79 Å². The van der Waals surface area contributed by atoms with E-state index in [1.165, 1.54) is 29.5 Å². The summed E-state index contributed by atoms with van der Waals surface area (Å²) in [7, 11) is 0. The molecule has 0 spiro atoms. The van der Waals surface area contributed by atoms with Gasteiger partial charge in [-0.25, -0.2) is 14.1 Å². The number of carbonyl (C=O) groups is 1. The van der Waals surface area contributed by atoms with Crippen molar-refractivity contribution in [2.45, 2.75) is 19.9 Å². The van der Waals surface area contributed by atoms with Gasteiger partial charge in [-0.15, -0.1) is 12.4 Å². The standard InChI is InChI=1S/C13H16FN5O.ClH/c1-8(2)12(15)13(20)18-9-3-4-11(10(14)5-9)19-7-16-6-17-19;/h3-8,12H,15H2,1-2H3,(H,18,20);1H/t12-;/m1./s1. The maximum atomic E-state index is 14.0. The van der Waals surface area contributed by atoms with Gasteiger partial charge in [0.1, 0.15) is 18.3 Å². The highest BCUT2D eigenvalue weighted by atomic mass is 35.5. The molecule has 0 bridgehead atoms. The second-order valence-electron chi connectivity index (χ2n) is 4.77. The van der Waals surface area contributed by atoms with Gasteiger partial charge in [0.05, 0.1) is 6.04 Å². The number of nitrogens with two attached hydrogens (primary N) is 1. The van der Waals surface area contributed by atoms with Crippen LogP contribution in [0.1, 0.15) is 13.8 Å². The summed E-state index contributed by atoms with van der Waals surface area (Å²) in [5.41, 5.74) is 6.34. The smallest absolute Gasteiger partial charge is 0.241 e. The summed E-state index contributed by atoms with van der Waals surface area (Å²) in [5, 5.41) is 6.43. The molecule has 0 unspecified atom stereocenters. The lowest BCUT2D eigenvalue weighted by molar-refractivity contribution is -0.118. The molecule has 114 valence electrons. The fourth-order valence-electron chi connectivity index (χ4n) is 1.63. The molecule has 2 rings (SSSR count). The normalized spacial score (nSPS) is 11.9. The highest BCUT2D eigenvalue weighted by Gasteiger charge is 2.17. The molecule has 3 N–H and O–H groups in total. The highest BCUT2D eigenvalue weighted by molar-refractivity contribution is 5.94. The van der Waals surface area contributed by atoms with E-state index in [2.05, 4.69) is 15.4 Å². The van der Waals surface area contributed by atoms with Crippen LogP contribution in [0.15, 0.2) is 30.9 Å². The van der Waals surface area contributed by atoms with Crippen molar-refractivity contribution in [3.05, 3.63) is 36.7 Å². The summed E-state index contributed by atoms with van der Waals surface area (Å²) >= 11 is 0. The number of hydrogen-bond acceptors (Lipinski definition) is 4. The molecular weight excluding hydrogens is 297 g/mol. The van der Waals surface area contributed by atoms with Gasteiger partial charge in [0.2, 0.25) is 5.91 Å². The Morgan fingerprint density at radius 3 is 2.67 bits per heavy atom. The first kappa shape index (κ1) is 17.1. The molecule has 0 fully saturated rings. The Labute approximate surface area is 128 Å². The first-order chi connectivity index (χ1) is 9.49. The van der Waals surface area contributed by atoms with Crippen LogP contribution in [-0.4, -0.2) is 26.7 Å². The number of nitrogens with one attached hydrogen (secondary N) is 1.